The van der Waals surface area contributed by atoms with E-state index in [1.165, 1.54) is 14.2 Å². The lowest BCUT2D eigenvalue weighted by Gasteiger charge is -2.17. The van der Waals surface area contributed by atoms with Crippen molar-refractivity contribution in [3.05, 3.63) is 0 Å². The summed E-state index contributed by atoms with van der Waals surface area (Å²) in [7, 11) is 6.04. The summed E-state index contributed by atoms with van der Waals surface area (Å²) in [5.41, 5.74) is 0. The number of ketones is 1. The topological polar surface area (TPSA) is 71.1 Å². The molecule has 0 saturated carbocycles. The minimum atomic E-state index is -0.687. The Bertz CT molecular complexity index is 248. The summed E-state index contributed by atoms with van der Waals surface area (Å²) < 4.78 is 20.0. The molecule has 6 heteroatoms. The van der Waals surface area contributed by atoms with Crippen molar-refractivity contribution in [2.24, 2.45) is 5.92 Å². The Morgan fingerprint density at radius 2 is 1.53 bits per heavy atom. The van der Waals surface area contributed by atoms with Crippen molar-refractivity contribution in [3.63, 3.8) is 0 Å². The number of hydrogen-bond donors (Lipinski definition) is 0. The van der Waals surface area contributed by atoms with Gasteiger partial charge in [-0.2, -0.15) is 0 Å². The molecule has 0 spiro atoms. The first-order valence-corrected chi connectivity index (χ1v) is 6.22. The smallest absolute Gasteiger partial charge is 0.157 e. The maximum absolute atomic E-state index is 11.9. The predicted molar refractivity (Wildman–Crippen MR) is 68.6 cm³/mol. The largest absolute Gasteiger partial charge is 0.356 e. The molecule has 0 aliphatic carbocycles. The Morgan fingerprint density at radius 1 is 1.00 bits per heavy atom. The number of rotatable bonds is 12. The van der Waals surface area contributed by atoms with Gasteiger partial charge in [-0.25, -0.2) is 0 Å². The highest BCUT2D eigenvalue weighted by Gasteiger charge is 2.22. The number of carbonyl (C=O) groups is 2. The standard InChI is InChI=1S/C13H24O6/c1-16-12(17-2)7-5-6-11(15)10(9-14)8-13(18-3)19-4/h9-10,12-13H,5-8H2,1-4H3. The molecule has 6 nitrogen and oxygen atoms in total. The third-order valence-electron chi connectivity index (χ3n) is 2.94. The van der Waals surface area contributed by atoms with Gasteiger partial charge in [0.05, 0.1) is 5.92 Å². The predicted octanol–water partition coefficient (Wildman–Crippen LogP) is 1.17. The van der Waals surface area contributed by atoms with Crippen molar-refractivity contribution >= 4 is 12.1 Å². The first-order valence-electron chi connectivity index (χ1n) is 6.22. The molecular formula is C13H24O6. The van der Waals surface area contributed by atoms with Crippen molar-refractivity contribution in [3.8, 4) is 0 Å². The molecule has 0 rings (SSSR count). The Labute approximate surface area is 114 Å². The highest BCUT2D eigenvalue weighted by molar-refractivity contribution is 5.93. The van der Waals surface area contributed by atoms with E-state index in [2.05, 4.69) is 0 Å². The number of ether oxygens (including phenoxy) is 4. The van der Waals surface area contributed by atoms with E-state index in [0.717, 1.165) is 0 Å². The molecule has 0 saturated heterocycles. The third-order valence-corrected chi connectivity index (χ3v) is 2.94. The summed E-state index contributed by atoms with van der Waals surface area (Å²) in [6, 6.07) is 0. The fourth-order valence-corrected chi connectivity index (χ4v) is 1.72. The average Bonchev–Trinajstić information content (AvgIpc) is 2.44. The van der Waals surface area contributed by atoms with E-state index in [0.29, 0.717) is 25.5 Å². The van der Waals surface area contributed by atoms with E-state index in [1.54, 1.807) is 14.2 Å². The summed E-state index contributed by atoms with van der Waals surface area (Å²) in [5.74, 6) is -0.798. The number of carbonyl (C=O) groups excluding carboxylic acids is 2. The molecule has 0 aliphatic rings. The maximum Gasteiger partial charge on any atom is 0.157 e. The van der Waals surface area contributed by atoms with Crippen LogP contribution < -0.4 is 0 Å². The molecule has 0 bridgehead atoms. The Morgan fingerprint density at radius 3 is 1.95 bits per heavy atom. The minimum absolute atomic E-state index is 0.111. The van der Waals surface area contributed by atoms with Crippen molar-refractivity contribution in [1.29, 1.82) is 0 Å². The van der Waals surface area contributed by atoms with E-state index >= 15 is 0 Å². The second-order valence-electron chi connectivity index (χ2n) is 4.14. The number of methoxy groups -OCH3 is 4. The quantitative estimate of drug-likeness (QED) is 0.303. The molecular weight excluding hydrogens is 252 g/mol. The summed E-state index contributed by atoms with van der Waals surface area (Å²) in [4.78, 5) is 22.8. The first kappa shape index (κ1) is 18.2. The average molecular weight is 276 g/mol. The fraction of sp³-hybridized carbons (Fsp3) is 0.846. The van der Waals surface area contributed by atoms with Gasteiger partial charge < -0.3 is 23.7 Å². The van der Waals surface area contributed by atoms with Crippen LogP contribution in [-0.2, 0) is 28.5 Å². The molecule has 0 aromatic heterocycles. The van der Waals surface area contributed by atoms with Gasteiger partial charge in [-0.3, -0.25) is 4.79 Å². The molecule has 1 atom stereocenters. The lowest BCUT2D eigenvalue weighted by atomic mass is 9.97. The van der Waals surface area contributed by atoms with Gasteiger partial charge in [-0.1, -0.05) is 0 Å². The van der Waals surface area contributed by atoms with Crippen LogP contribution in [0.25, 0.3) is 0 Å². The Balaban J connectivity index is 4.11. The van der Waals surface area contributed by atoms with Gasteiger partial charge in [0, 0.05) is 41.3 Å². The third kappa shape index (κ3) is 7.37. The summed E-state index contributed by atoms with van der Waals surface area (Å²) in [5, 5.41) is 0. The highest BCUT2D eigenvalue weighted by atomic mass is 16.7. The minimum Gasteiger partial charge on any atom is -0.356 e. The summed E-state index contributed by atoms with van der Waals surface area (Å²) >= 11 is 0. The van der Waals surface area contributed by atoms with Crippen LogP contribution in [0.5, 0.6) is 0 Å². The van der Waals surface area contributed by atoms with Crippen LogP contribution in [0.15, 0.2) is 0 Å². The zero-order valence-corrected chi connectivity index (χ0v) is 12.1. The van der Waals surface area contributed by atoms with Crippen LogP contribution in [-0.4, -0.2) is 53.1 Å². The van der Waals surface area contributed by atoms with Crippen LogP contribution in [0.2, 0.25) is 0 Å². The SMILES string of the molecule is COC(CCCC(=O)C(C=O)CC(OC)OC)OC. The highest BCUT2D eigenvalue weighted by Crippen LogP contribution is 2.14. The van der Waals surface area contributed by atoms with Crippen LogP contribution in [0.3, 0.4) is 0 Å². The van der Waals surface area contributed by atoms with Gasteiger partial charge >= 0.3 is 0 Å². The molecule has 0 fully saturated rings. The van der Waals surface area contributed by atoms with E-state index in [4.69, 9.17) is 18.9 Å². The van der Waals surface area contributed by atoms with Crippen LogP contribution in [0.4, 0.5) is 0 Å². The fourth-order valence-electron chi connectivity index (χ4n) is 1.72. The molecule has 0 N–H and O–H groups in total. The van der Waals surface area contributed by atoms with Crippen molar-refractivity contribution < 1.29 is 28.5 Å². The maximum atomic E-state index is 11.9. The molecule has 19 heavy (non-hydrogen) atoms. The zero-order valence-electron chi connectivity index (χ0n) is 12.1. The second kappa shape index (κ2) is 11.0. The van der Waals surface area contributed by atoms with Gasteiger partial charge in [0.15, 0.2) is 12.6 Å². The Hall–Kier alpha value is -0.820. The lowest BCUT2D eigenvalue weighted by molar-refractivity contribution is -0.140. The number of aldehydes is 1. The molecule has 0 heterocycles. The normalized spacial score (nSPS) is 12.9. The molecule has 0 radical (unpaired) electrons. The van der Waals surface area contributed by atoms with Gasteiger partial charge in [0.2, 0.25) is 0 Å². The lowest BCUT2D eigenvalue weighted by Crippen LogP contribution is -2.25. The number of Topliss-reactive ketones (excluding diaryl/α,β-unsaturated/α-hetero) is 1. The molecule has 0 aromatic rings. The van der Waals surface area contributed by atoms with E-state index in [9.17, 15) is 9.59 Å². The van der Waals surface area contributed by atoms with Crippen LogP contribution >= 0.6 is 0 Å². The second-order valence-corrected chi connectivity index (χ2v) is 4.14. The zero-order chi connectivity index (χ0) is 14.7. The van der Waals surface area contributed by atoms with E-state index in [1.807, 2.05) is 0 Å². The van der Waals surface area contributed by atoms with Crippen LogP contribution in [0.1, 0.15) is 25.7 Å². The van der Waals surface area contributed by atoms with Gasteiger partial charge in [0.1, 0.15) is 12.1 Å². The summed E-state index contributed by atoms with van der Waals surface area (Å²) in [6.07, 6.45) is 1.58. The first-order chi connectivity index (χ1) is 9.12. The van der Waals surface area contributed by atoms with Crippen LogP contribution in [0, 0.1) is 5.92 Å². The van der Waals surface area contributed by atoms with Crippen molar-refractivity contribution in [2.75, 3.05) is 28.4 Å². The van der Waals surface area contributed by atoms with Crippen molar-refractivity contribution in [1.82, 2.24) is 0 Å². The van der Waals surface area contributed by atoms with Gasteiger partial charge in [-0.15, -0.1) is 0 Å². The molecule has 0 aliphatic heterocycles. The Kier molecular flexibility index (Phi) is 10.6. The number of hydrogen-bond acceptors (Lipinski definition) is 6. The molecule has 0 aromatic carbocycles. The summed E-state index contributed by atoms with van der Waals surface area (Å²) in [6.45, 7) is 0. The monoisotopic (exact) mass is 276 g/mol. The van der Waals surface area contributed by atoms with E-state index in [-0.39, 0.29) is 18.5 Å². The molecule has 112 valence electrons. The molecule has 0 amide bonds. The van der Waals surface area contributed by atoms with Gasteiger partial charge in [-0.05, 0) is 12.8 Å². The van der Waals surface area contributed by atoms with Gasteiger partial charge in [0.25, 0.3) is 0 Å². The van der Waals surface area contributed by atoms with E-state index < -0.39 is 12.2 Å². The molecule has 1 unspecified atom stereocenters. The van der Waals surface area contributed by atoms with Crippen molar-refractivity contribution in [2.45, 2.75) is 38.3 Å².